The van der Waals surface area contributed by atoms with Gasteiger partial charge in [-0.3, -0.25) is 4.79 Å². The highest BCUT2D eigenvalue weighted by Gasteiger charge is 2.20. The summed E-state index contributed by atoms with van der Waals surface area (Å²) < 4.78 is 23.5. The van der Waals surface area contributed by atoms with Crippen molar-refractivity contribution in [3.05, 3.63) is 11.0 Å². The number of nitrogens with one attached hydrogen (secondary N) is 1. The molecule has 0 unspecified atom stereocenters. The van der Waals surface area contributed by atoms with Gasteiger partial charge < -0.3 is 0 Å². The van der Waals surface area contributed by atoms with E-state index >= 15 is 0 Å². The second kappa shape index (κ2) is 2.09. The number of allylic oxidation sites excluding steroid dienone is 1. The van der Waals surface area contributed by atoms with Crippen molar-refractivity contribution in [2.45, 2.75) is 13.3 Å². The van der Waals surface area contributed by atoms with Crippen LogP contribution in [-0.4, -0.2) is 14.3 Å². The van der Waals surface area contributed by atoms with E-state index < -0.39 is 15.9 Å². The Labute approximate surface area is 59.0 Å². The summed E-state index contributed by atoms with van der Waals surface area (Å²) in [4.78, 5) is 10.7. The minimum absolute atomic E-state index is 0.158. The predicted molar refractivity (Wildman–Crippen MR) is 35.4 cm³/mol. The van der Waals surface area contributed by atoms with Crippen LogP contribution in [0.5, 0.6) is 0 Å². The largest absolute Gasteiger partial charge is 0.274 e. The molecule has 0 aromatic heterocycles. The third-order valence-corrected chi connectivity index (χ3v) is 2.76. The van der Waals surface area contributed by atoms with Gasteiger partial charge in [-0.2, -0.15) is 0 Å². The average Bonchev–Trinajstić information content (AvgIpc) is 1.78. The molecule has 56 valence electrons. The Morgan fingerprint density at radius 1 is 1.60 bits per heavy atom. The Morgan fingerprint density at radius 3 is 2.60 bits per heavy atom. The molecule has 10 heavy (non-hydrogen) atoms. The SMILES string of the molecule is CC1=CCC(=O)NS1(=O)=O. The predicted octanol–water partition coefficient (Wildman–Crippen LogP) is -0.260. The standard InChI is InChI=1S/C5H7NO3S/c1-4-2-3-5(7)6-10(4,8)9/h2H,3H2,1H3,(H,6,7). The van der Waals surface area contributed by atoms with Gasteiger partial charge in [0.05, 0.1) is 4.91 Å². The highest BCUT2D eigenvalue weighted by Crippen LogP contribution is 2.09. The number of rotatable bonds is 0. The first-order valence-electron chi connectivity index (χ1n) is 2.75. The molecule has 0 aliphatic carbocycles. The fourth-order valence-electron chi connectivity index (χ4n) is 0.618. The molecule has 0 atom stereocenters. The highest BCUT2D eigenvalue weighted by atomic mass is 32.2. The maximum Gasteiger partial charge on any atom is 0.259 e. The molecular formula is C5H7NO3S. The summed E-state index contributed by atoms with van der Waals surface area (Å²) in [7, 11) is -3.45. The molecule has 4 nitrogen and oxygen atoms in total. The molecule has 0 saturated carbocycles. The zero-order valence-electron chi connectivity index (χ0n) is 5.42. The summed E-state index contributed by atoms with van der Waals surface area (Å²) >= 11 is 0. The van der Waals surface area contributed by atoms with Crippen LogP contribution < -0.4 is 4.72 Å². The van der Waals surface area contributed by atoms with Gasteiger partial charge in [-0.05, 0) is 6.92 Å². The molecule has 0 radical (unpaired) electrons. The first-order chi connectivity index (χ1) is 4.52. The Bertz CT molecular complexity index is 288. The van der Waals surface area contributed by atoms with Crippen molar-refractivity contribution in [2.75, 3.05) is 0 Å². The van der Waals surface area contributed by atoms with Gasteiger partial charge >= 0.3 is 0 Å². The van der Waals surface area contributed by atoms with E-state index in [1.807, 2.05) is 4.72 Å². The molecule has 5 heteroatoms. The first kappa shape index (κ1) is 7.27. The van der Waals surface area contributed by atoms with Crippen LogP contribution in [0, 0.1) is 0 Å². The Balaban J connectivity index is 3.10. The van der Waals surface area contributed by atoms with E-state index in [4.69, 9.17) is 0 Å². The van der Waals surface area contributed by atoms with Crippen LogP contribution >= 0.6 is 0 Å². The fourth-order valence-corrected chi connectivity index (χ4v) is 1.46. The molecule has 0 spiro atoms. The second-order valence-corrected chi connectivity index (χ2v) is 3.90. The highest BCUT2D eigenvalue weighted by molar-refractivity contribution is 7.93. The van der Waals surface area contributed by atoms with Crippen LogP contribution in [0.2, 0.25) is 0 Å². The molecule has 1 N–H and O–H groups in total. The van der Waals surface area contributed by atoms with Crippen molar-refractivity contribution in [3.63, 3.8) is 0 Å². The molecule has 1 aliphatic heterocycles. The van der Waals surface area contributed by atoms with E-state index in [0.29, 0.717) is 0 Å². The van der Waals surface area contributed by atoms with E-state index in [1.54, 1.807) is 0 Å². The Hall–Kier alpha value is -0.840. The summed E-state index contributed by atoms with van der Waals surface area (Å²) in [5, 5.41) is 0. The number of hydrogen-bond acceptors (Lipinski definition) is 3. The van der Waals surface area contributed by atoms with Gasteiger partial charge in [0.25, 0.3) is 10.0 Å². The lowest BCUT2D eigenvalue weighted by Crippen LogP contribution is -2.33. The molecule has 1 rings (SSSR count). The summed E-state index contributed by atoms with van der Waals surface area (Å²) in [6.07, 6.45) is 1.55. The van der Waals surface area contributed by atoms with Gasteiger partial charge in [0.15, 0.2) is 0 Å². The zero-order valence-corrected chi connectivity index (χ0v) is 6.23. The van der Waals surface area contributed by atoms with Crippen LogP contribution in [0.1, 0.15) is 13.3 Å². The summed E-state index contributed by atoms with van der Waals surface area (Å²) in [6.45, 7) is 1.45. The second-order valence-electron chi connectivity index (χ2n) is 2.05. The number of carbonyl (C=O) groups is 1. The number of hydrogen-bond donors (Lipinski definition) is 1. The van der Waals surface area contributed by atoms with Gasteiger partial charge in [0, 0.05) is 6.42 Å². The van der Waals surface area contributed by atoms with Crippen molar-refractivity contribution >= 4 is 15.9 Å². The normalized spacial score (nSPS) is 23.3. The van der Waals surface area contributed by atoms with Gasteiger partial charge in [-0.15, -0.1) is 0 Å². The molecule has 1 heterocycles. The molecule has 0 saturated heterocycles. The molecule has 0 bridgehead atoms. The van der Waals surface area contributed by atoms with Gasteiger partial charge in [0.2, 0.25) is 5.91 Å². The third kappa shape index (κ3) is 1.18. The summed E-state index contributed by atoms with van der Waals surface area (Å²) in [6, 6.07) is 0. The average molecular weight is 161 g/mol. The lowest BCUT2D eigenvalue weighted by Gasteiger charge is -2.10. The van der Waals surface area contributed by atoms with Gasteiger partial charge in [-0.25, -0.2) is 13.1 Å². The first-order valence-corrected chi connectivity index (χ1v) is 4.23. The van der Waals surface area contributed by atoms with E-state index in [9.17, 15) is 13.2 Å². The van der Waals surface area contributed by atoms with Crippen molar-refractivity contribution in [2.24, 2.45) is 0 Å². The van der Waals surface area contributed by atoms with Crippen molar-refractivity contribution in [1.82, 2.24) is 4.72 Å². The number of carbonyl (C=O) groups excluding carboxylic acids is 1. The third-order valence-electron chi connectivity index (χ3n) is 1.25. The lowest BCUT2D eigenvalue weighted by molar-refractivity contribution is -0.118. The topological polar surface area (TPSA) is 63.2 Å². The van der Waals surface area contributed by atoms with Crippen molar-refractivity contribution < 1.29 is 13.2 Å². The molecule has 1 amide bonds. The van der Waals surface area contributed by atoms with Crippen molar-refractivity contribution in [1.29, 1.82) is 0 Å². The number of amides is 1. The van der Waals surface area contributed by atoms with Crippen LogP contribution in [0.15, 0.2) is 11.0 Å². The minimum Gasteiger partial charge on any atom is -0.274 e. The quantitative estimate of drug-likeness (QED) is 0.532. The molecule has 1 aliphatic rings. The smallest absolute Gasteiger partial charge is 0.259 e. The van der Waals surface area contributed by atoms with E-state index in [-0.39, 0.29) is 11.3 Å². The van der Waals surface area contributed by atoms with E-state index in [1.165, 1.54) is 13.0 Å². The molecule has 0 aromatic rings. The zero-order chi connectivity index (χ0) is 7.78. The monoisotopic (exact) mass is 161 g/mol. The van der Waals surface area contributed by atoms with Crippen LogP contribution in [-0.2, 0) is 14.8 Å². The van der Waals surface area contributed by atoms with E-state index in [2.05, 4.69) is 0 Å². The fraction of sp³-hybridized carbons (Fsp3) is 0.400. The summed E-state index contributed by atoms with van der Waals surface area (Å²) in [5.74, 6) is -0.467. The maximum atomic E-state index is 10.8. The van der Waals surface area contributed by atoms with Crippen LogP contribution in [0.3, 0.4) is 0 Å². The van der Waals surface area contributed by atoms with Gasteiger partial charge in [0.1, 0.15) is 0 Å². The van der Waals surface area contributed by atoms with Crippen LogP contribution in [0.4, 0.5) is 0 Å². The number of sulfonamides is 1. The molecule has 0 fully saturated rings. The maximum absolute atomic E-state index is 10.8. The Kier molecular flexibility index (Phi) is 1.52. The Morgan fingerprint density at radius 2 is 2.20 bits per heavy atom. The molecular weight excluding hydrogens is 154 g/mol. The minimum atomic E-state index is -3.45. The van der Waals surface area contributed by atoms with Crippen LogP contribution in [0.25, 0.3) is 0 Å². The van der Waals surface area contributed by atoms with Gasteiger partial charge in [-0.1, -0.05) is 6.08 Å². The van der Waals surface area contributed by atoms with E-state index in [0.717, 1.165) is 0 Å². The summed E-state index contributed by atoms with van der Waals surface area (Å²) in [5.41, 5.74) is 0. The van der Waals surface area contributed by atoms with Crippen molar-refractivity contribution in [3.8, 4) is 0 Å². The lowest BCUT2D eigenvalue weighted by atomic mass is 10.4. The molecule has 0 aromatic carbocycles.